The molecule has 4 heteroatoms. The Bertz CT molecular complexity index is 325. The lowest BCUT2D eigenvalue weighted by Gasteiger charge is -1.93. The molecule has 2 rings (SSSR count). The third-order valence-electron chi connectivity index (χ3n) is 1.38. The van der Waals surface area contributed by atoms with Crippen LogP contribution in [0.3, 0.4) is 0 Å². The number of nitrogens with zero attached hydrogens (tertiary/aromatic N) is 2. The Morgan fingerprint density at radius 1 is 1.08 bits per heavy atom. The van der Waals surface area contributed by atoms with Gasteiger partial charge in [-0.3, -0.25) is 0 Å². The molecule has 0 aliphatic carbocycles. The van der Waals surface area contributed by atoms with Crippen molar-refractivity contribution in [2.45, 2.75) is 0 Å². The van der Waals surface area contributed by atoms with Crippen LogP contribution >= 0.6 is 22.7 Å². The number of aromatic nitrogens is 2. The van der Waals surface area contributed by atoms with Gasteiger partial charge in [0.2, 0.25) is 0 Å². The zero-order chi connectivity index (χ0) is 8.39. The van der Waals surface area contributed by atoms with Gasteiger partial charge in [-0.15, -0.1) is 22.7 Å². The van der Waals surface area contributed by atoms with Crippen LogP contribution in [0.2, 0.25) is 0 Å². The Hall–Kier alpha value is -1.00. The van der Waals surface area contributed by atoms with E-state index >= 15 is 0 Å². The van der Waals surface area contributed by atoms with Crippen LogP contribution in [0.5, 0.6) is 0 Å². The lowest BCUT2D eigenvalue weighted by molar-refractivity contribution is 1.33. The van der Waals surface area contributed by atoms with E-state index in [1.165, 1.54) is 0 Å². The Morgan fingerprint density at radius 2 is 1.58 bits per heavy atom. The van der Waals surface area contributed by atoms with E-state index in [0.29, 0.717) is 0 Å². The average Bonchev–Trinajstić information content (AvgIpc) is 2.77. The molecule has 0 spiro atoms. The Labute approximate surface area is 78.2 Å². The van der Waals surface area contributed by atoms with Gasteiger partial charge in [0.15, 0.2) is 0 Å². The summed E-state index contributed by atoms with van der Waals surface area (Å²) in [7, 11) is 0. The maximum Gasteiger partial charge on any atom is 0.125 e. The largest absolute Gasteiger partial charge is 0.244 e. The predicted molar refractivity (Wildman–Crippen MR) is 52.4 cm³/mol. The first kappa shape index (κ1) is 7.64. The van der Waals surface area contributed by atoms with E-state index in [2.05, 4.69) is 16.5 Å². The number of thiazole rings is 2. The molecule has 2 aromatic heterocycles. The lowest BCUT2D eigenvalue weighted by Crippen LogP contribution is -1.81. The van der Waals surface area contributed by atoms with Crippen LogP contribution in [-0.4, -0.2) is 9.97 Å². The molecule has 0 unspecified atom stereocenters. The highest BCUT2D eigenvalue weighted by molar-refractivity contribution is 7.13. The summed E-state index contributed by atoms with van der Waals surface area (Å²) in [6, 6.07) is 0. The monoisotopic (exact) mass is 194 g/mol. The average molecular weight is 194 g/mol. The van der Waals surface area contributed by atoms with Crippen molar-refractivity contribution in [3.8, 4) is 0 Å². The van der Waals surface area contributed by atoms with Gasteiger partial charge in [0.1, 0.15) is 10.0 Å². The van der Waals surface area contributed by atoms with Crippen LogP contribution in [0, 0.1) is 0 Å². The molecular weight excluding hydrogens is 188 g/mol. The van der Waals surface area contributed by atoms with Gasteiger partial charge in [0, 0.05) is 28.7 Å². The van der Waals surface area contributed by atoms with Crippen LogP contribution in [0.15, 0.2) is 29.7 Å². The fraction of sp³-hybridized carbons (Fsp3) is 0. The van der Waals surface area contributed by atoms with Gasteiger partial charge >= 0.3 is 0 Å². The summed E-state index contributed by atoms with van der Waals surface area (Å²) in [6.45, 7) is 3.94. The Kier molecular flexibility index (Phi) is 2.01. The maximum atomic E-state index is 4.16. The molecule has 2 heterocycles. The van der Waals surface area contributed by atoms with Crippen LogP contribution in [0.4, 0.5) is 0 Å². The summed E-state index contributed by atoms with van der Waals surface area (Å²) >= 11 is 3.17. The topological polar surface area (TPSA) is 25.8 Å². The molecule has 0 fully saturated rings. The molecule has 0 N–H and O–H groups in total. The fourth-order valence-electron chi connectivity index (χ4n) is 0.836. The number of hydrogen-bond donors (Lipinski definition) is 0. The van der Waals surface area contributed by atoms with Crippen molar-refractivity contribution >= 4 is 28.2 Å². The second-order valence-electron chi connectivity index (χ2n) is 2.15. The summed E-state index contributed by atoms with van der Waals surface area (Å²) in [4.78, 5) is 8.32. The highest BCUT2D eigenvalue weighted by Gasteiger charge is 2.05. The summed E-state index contributed by atoms with van der Waals surface area (Å²) in [5.41, 5.74) is 0.917. The highest BCUT2D eigenvalue weighted by Crippen LogP contribution is 2.24. The van der Waals surface area contributed by atoms with Gasteiger partial charge in [-0.25, -0.2) is 9.97 Å². The molecule has 0 aliphatic rings. The zero-order valence-corrected chi connectivity index (χ0v) is 7.86. The van der Waals surface area contributed by atoms with Crippen LogP contribution in [-0.2, 0) is 0 Å². The standard InChI is InChI=1S/C8H6N2S2/c1-6(7-9-2-4-11-7)8-10-3-5-12-8/h2-5H,1H2. The van der Waals surface area contributed by atoms with Gasteiger partial charge < -0.3 is 0 Å². The third kappa shape index (κ3) is 1.31. The highest BCUT2D eigenvalue weighted by atomic mass is 32.1. The van der Waals surface area contributed by atoms with Crippen molar-refractivity contribution in [2.75, 3.05) is 0 Å². The van der Waals surface area contributed by atoms with Crippen LogP contribution in [0.1, 0.15) is 10.0 Å². The molecule has 2 aromatic rings. The molecule has 0 aromatic carbocycles. The molecule has 0 saturated heterocycles. The minimum Gasteiger partial charge on any atom is -0.244 e. The normalized spacial score (nSPS) is 10.0. The van der Waals surface area contributed by atoms with Crippen molar-refractivity contribution in [1.29, 1.82) is 0 Å². The molecule has 0 amide bonds. The molecule has 0 radical (unpaired) electrons. The Balaban J connectivity index is 2.34. The van der Waals surface area contributed by atoms with Gasteiger partial charge in [-0.2, -0.15) is 0 Å². The first-order chi connectivity index (χ1) is 5.88. The zero-order valence-electron chi connectivity index (χ0n) is 6.23. The van der Waals surface area contributed by atoms with Gasteiger partial charge in [-0.1, -0.05) is 6.58 Å². The molecule has 0 atom stereocenters. The Morgan fingerprint density at radius 3 is 1.92 bits per heavy atom. The van der Waals surface area contributed by atoms with E-state index in [-0.39, 0.29) is 0 Å². The van der Waals surface area contributed by atoms with E-state index in [4.69, 9.17) is 0 Å². The van der Waals surface area contributed by atoms with E-state index in [0.717, 1.165) is 15.6 Å². The SMILES string of the molecule is C=C(c1nccs1)c1nccs1. The molecular formula is C8H6N2S2. The molecule has 12 heavy (non-hydrogen) atoms. The molecule has 0 saturated carbocycles. The van der Waals surface area contributed by atoms with Crippen molar-refractivity contribution in [1.82, 2.24) is 9.97 Å². The second kappa shape index (κ2) is 3.16. The van der Waals surface area contributed by atoms with Crippen molar-refractivity contribution in [3.63, 3.8) is 0 Å². The first-order valence-corrected chi connectivity index (χ1v) is 5.12. The van der Waals surface area contributed by atoms with Crippen molar-refractivity contribution in [3.05, 3.63) is 39.7 Å². The van der Waals surface area contributed by atoms with Gasteiger partial charge in [0.25, 0.3) is 0 Å². The van der Waals surface area contributed by atoms with Gasteiger partial charge in [0.05, 0.1) is 0 Å². The molecule has 2 nitrogen and oxygen atoms in total. The van der Waals surface area contributed by atoms with Crippen LogP contribution < -0.4 is 0 Å². The minimum absolute atomic E-state index is 0.917. The molecule has 60 valence electrons. The first-order valence-electron chi connectivity index (χ1n) is 3.36. The second-order valence-corrected chi connectivity index (χ2v) is 3.94. The number of hydrogen-bond acceptors (Lipinski definition) is 4. The van der Waals surface area contributed by atoms with Crippen LogP contribution in [0.25, 0.3) is 5.57 Å². The summed E-state index contributed by atoms with van der Waals surface area (Å²) < 4.78 is 0. The van der Waals surface area contributed by atoms with E-state index in [1.807, 2.05) is 10.8 Å². The smallest absolute Gasteiger partial charge is 0.125 e. The van der Waals surface area contributed by atoms with Crippen molar-refractivity contribution < 1.29 is 0 Å². The fourth-order valence-corrected chi connectivity index (χ4v) is 2.12. The molecule has 0 bridgehead atoms. The van der Waals surface area contributed by atoms with Crippen molar-refractivity contribution in [2.24, 2.45) is 0 Å². The minimum atomic E-state index is 0.917. The summed E-state index contributed by atoms with van der Waals surface area (Å²) in [5, 5.41) is 5.78. The predicted octanol–water partition coefficient (Wildman–Crippen LogP) is 2.66. The molecule has 0 aliphatic heterocycles. The van der Waals surface area contributed by atoms with E-state index < -0.39 is 0 Å². The summed E-state index contributed by atoms with van der Waals surface area (Å²) in [6.07, 6.45) is 3.55. The quantitative estimate of drug-likeness (QED) is 0.734. The van der Waals surface area contributed by atoms with E-state index in [1.54, 1.807) is 35.1 Å². The lowest BCUT2D eigenvalue weighted by atomic mass is 10.3. The number of rotatable bonds is 2. The third-order valence-corrected chi connectivity index (χ3v) is 3.05. The van der Waals surface area contributed by atoms with Gasteiger partial charge in [-0.05, 0) is 0 Å². The maximum absolute atomic E-state index is 4.16. The summed E-state index contributed by atoms with van der Waals surface area (Å²) in [5.74, 6) is 0. The van der Waals surface area contributed by atoms with E-state index in [9.17, 15) is 0 Å².